The highest BCUT2D eigenvalue weighted by molar-refractivity contribution is 5.54. The average Bonchev–Trinajstić information content (AvgIpc) is 2.59. The van der Waals surface area contributed by atoms with Gasteiger partial charge in [-0.25, -0.2) is 0 Å². The van der Waals surface area contributed by atoms with Crippen LogP contribution in [0.2, 0.25) is 0 Å². The highest BCUT2D eigenvalue weighted by Crippen LogP contribution is 2.37. The van der Waals surface area contributed by atoms with E-state index in [2.05, 4.69) is 18.2 Å². The summed E-state index contributed by atoms with van der Waals surface area (Å²) >= 11 is 0. The van der Waals surface area contributed by atoms with Crippen LogP contribution in [0, 0.1) is 0 Å². The quantitative estimate of drug-likeness (QED) is 0.678. The largest absolute Gasteiger partial charge is 0.497 e. The maximum Gasteiger partial charge on any atom is 0.188 e. The van der Waals surface area contributed by atoms with Crippen LogP contribution in [-0.2, 0) is 17.6 Å². The summed E-state index contributed by atoms with van der Waals surface area (Å²) in [6, 6.07) is 12.3. The van der Waals surface area contributed by atoms with E-state index < -0.39 is 0 Å². The fourth-order valence-corrected chi connectivity index (χ4v) is 3.27. The van der Waals surface area contributed by atoms with Crippen molar-refractivity contribution in [2.24, 2.45) is 0 Å². The normalized spacial score (nSPS) is 16.7. The number of ether oxygens (including phenoxy) is 3. The van der Waals surface area contributed by atoms with E-state index in [4.69, 9.17) is 19.9 Å². The Kier molecular flexibility index (Phi) is 4.72. The van der Waals surface area contributed by atoms with E-state index in [-0.39, 0.29) is 6.79 Å². The molecule has 0 aromatic heterocycles. The second kappa shape index (κ2) is 6.92. The molecular weight excluding hydrogens is 290 g/mol. The van der Waals surface area contributed by atoms with Crippen LogP contribution < -0.4 is 15.2 Å². The van der Waals surface area contributed by atoms with Crippen LogP contribution in [0.1, 0.15) is 29.0 Å². The number of rotatable bonds is 5. The van der Waals surface area contributed by atoms with Gasteiger partial charge in [0.05, 0.1) is 7.11 Å². The lowest BCUT2D eigenvalue weighted by atomic mass is 9.79. The van der Waals surface area contributed by atoms with Crippen LogP contribution in [-0.4, -0.2) is 21.0 Å². The Hall–Kier alpha value is -2.20. The maximum atomic E-state index is 6.21. The van der Waals surface area contributed by atoms with E-state index in [0.717, 1.165) is 36.4 Å². The van der Waals surface area contributed by atoms with Gasteiger partial charge in [-0.15, -0.1) is 0 Å². The van der Waals surface area contributed by atoms with E-state index in [1.807, 2.05) is 18.2 Å². The molecule has 4 nitrogen and oxygen atoms in total. The van der Waals surface area contributed by atoms with E-state index in [1.54, 1.807) is 14.2 Å². The molecule has 1 aliphatic rings. The molecule has 0 aliphatic heterocycles. The Balaban J connectivity index is 1.77. The van der Waals surface area contributed by atoms with Crippen molar-refractivity contribution >= 4 is 5.69 Å². The molecule has 0 spiro atoms. The maximum absolute atomic E-state index is 6.21. The summed E-state index contributed by atoms with van der Waals surface area (Å²) in [6.45, 7) is 0.282. The Morgan fingerprint density at radius 1 is 1.04 bits per heavy atom. The van der Waals surface area contributed by atoms with Crippen LogP contribution in [0.4, 0.5) is 5.69 Å². The highest BCUT2D eigenvalue weighted by Gasteiger charge is 2.22. The average molecular weight is 313 g/mol. The predicted molar refractivity (Wildman–Crippen MR) is 91.1 cm³/mol. The van der Waals surface area contributed by atoms with Gasteiger partial charge < -0.3 is 19.9 Å². The molecule has 0 heterocycles. The molecule has 2 aromatic carbocycles. The number of benzene rings is 2. The molecule has 0 amide bonds. The van der Waals surface area contributed by atoms with Crippen molar-refractivity contribution in [1.82, 2.24) is 0 Å². The zero-order chi connectivity index (χ0) is 16.2. The first-order valence-electron chi connectivity index (χ1n) is 7.88. The first kappa shape index (κ1) is 15.7. The van der Waals surface area contributed by atoms with Crippen molar-refractivity contribution in [3.63, 3.8) is 0 Å². The molecule has 0 radical (unpaired) electrons. The minimum atomic E-state index is 0.282. The van der Waals surface area contributed by atoms with Gasteiger partial charge in [-0.05, 0) is 60.1 Å². The molecule has 0 fully saturated rings. The molecule has 2 aromatic rings. The van der Waals surface area contributed by atoms with Gasteiger partial charge in [0.1, 0.15) is 11.5 Å². The number of hydrogen-bond donors (Lipinski definition) is 1. The summed E-state index contributed by atoms with van der Waals surface area (Å²) in [5.74, 6) is 2.13. The van der Waals surface area contributed by atoms with E-state index in [0.29, 0.717) is 5.92 Å². The van der Waals surface area contributed by atoms with Crippen molar-refractivity contribution in [1.29, 1.82) is 0 Å². The van der Waals surface area contributed by atoms with Crippen molar-refractivity contribution in [2.45, 2.75) is 25.2 Å². The smallest absolute Gasteiger partial charge is 0.188 e. The number of nitrogens with two attached hydrogens (primary N) is 1. The second-order valence-corrected chi connectivity index (χ2v) is 5.92. The molecule has 0 saturated heterocycles. The molecule has 2 N–H and O–H groups in total. The van der Waals surface area contributed by atoms with Crippen LogP contribution in [0.5, 0.6) is 11.5 Å². The fraction of sp³-hybridized carbons (Fsp3) is 0.368. The lowest BCUT2D eigenvalue weighted by molar-refractivity contribution is 0.0510. The molecular formula is C19H23NO3. The summed E-state index contributed by atoms with van der Waals surface area (Å²) in [4.78, 5) is 0. The molecule has 1 aliphatic carbocycles. The summed E-state index contributed by atoms with van der Waals surface area (Å²) in [7, 11) is 3.29. The number of nitrogen functional groups attached to an aromatic ring is 1. The van der Waals surface area contributed by atoms with Gasteiger partial charge in [0, 0.05) is 18.9 Å². The second-order valence-electron chi connectivity index (χ2n) is 5.92. The summed E-state index contributed by atoms with van der Waals surface area (Å²) in [6.07, 6.45) is 3.14. The Bertz CT molecular complexity index is 684. The first-order valence-corrected chi connectivity index (χ1v) is 7.88. The van der Waals surface area contributed by atoms with Gasteiger partial charge in [0.2, 0.25) is 0 Å². The van der Waals surface area contributed by atoms with Gasteiger partial charge >= 0.3 is 0 Å². The monoisotopic (exact) mass is 313 g/mol. The third-order valence-electron chi connectivity index (χ3n) is 4.48. The molecule has 0 saturated carbocycles. The lowest BCUT2D eigenvalue weighted by Crippen LogP contribution is -2.14. The molecule has 1 atom stereocenters. The molecule has 0 bridgehead atoms. The lowest BCUT2D eigenvalue weighted by Gasteiger charge is -2.26. The first-order chi connectivity index (χ1) is 11.2. The summed E-state index contributed by atoms with van der Waals surface area (Å²) in [5, 5.41) is 0. The van der Waals surface area contributed by atoms with E-state index in [1.165, 1.54) is 16.7 Å². The van der Waals surface area contributed by atoms with Crippen LogP contribution >= 0.6 is 0 Å². The minimum absolute atomic E-state index is 0.282. The van der Waals surface area contributed by atoms with Crippen molar-refractivity contribution in [2.75, 3.05) is 26.7 Å². The van der Waals surface area contributed by atoms with Crippen LogP contribution in [0.3, 0.4) is 0 Å². The molecule has 1 unspecified atom stereocenters. The zero-order valence-electron chi connectivity index (χ0n) is 13.7. The van der Waals surface area contributed by atoms with Crippen LogP contribution in [0.25, 0.3) is 0 Å². The summed E-state index contributed by atoms with van der Waals surface area (Å²) in [5.41, 5.74) is 11.0. The van der Waals surface area contributed by atoms with E-state index >= 15 is 0 Å². The van der Waals surface area contributed by atoms with Gasteiger partial charge in [-0.3, -0.25) is 0 Å². The van der Waals surface area contributed by atoms with Crippen LogP contribution in [0.15, 0.2) is 36.4 Å². The third-order valence-corrected chi connectivity index (χ3v) is 4.48. The Labute approximate surface area is 137 Å². The van der Waals surface area contributed by atoms with Gasteiger partial charge in [0.15, 0.2) is 6.79 Å². The van der Waals surface area contributed by atoms with Crippen molar-refractivity contribution < 1.29 is 14.2 Å². The summed E-state index contributed by atoms with van der Waals surface area (Å²) < 4.78 is 15.7. The molecule has 4 heteroatoms. The number of anilines is 1. The van der Waals surface area contributed by atoms with Gasteiger partial charge in [-0.1, -0.05) is 12.1 Å². The topological polar surface area (TPSA) is 53.7 Å². The predicted octanol–water partition coefficient (Wildman–Crippen LogP) is 3.53. The standard InChI is InChI=1S/C19H23NO3/c1-21-12-23-17-6-5-13-9-15(4-3-14(13)10-17)18-8-7-16(22-2)11-19(18)20/h5-8,10-11,15H,3-4,9,12,20H2,1-2H3. The Morgan fingerprint density at radius 2 is 1.87 bits per heavy atom. The van der Waals surface area contributed by atoms with Crippen molar-refractivity contribution in [3.05, 3.63) is 53.1 Å². The minimum Gasteiger partial charge on any atom is -0.497 e. The van der Waals surface area contributed by atoms with Crippen molar-refractivity contribution in [3.8, 4) is 11.5 Å². The molecule has 3 rings (SSSR count). The number of fused-ring (bicyclic) bond motifs is 1. The highest BCUT2D eigenvalue weighted by atomic mass is 16.7. The SMILES string of the molecule is COCOc1ccc2c(c1)CCC(c1ccc(OC)cc1N)C2. The fourth-order valence-electron chi connectivity index (χ4n) is 3.27. The molecule has 122 valence electrons. The van der Waals surface area contributed by atoms with Gasteiger partial charge in [-0.2, -0.15) is 0 Å². The number of methoxy groups -OCH3 is 2. The zero-order valence-corrected chi connectivity index (χ0v) is 13.7. The molecule has 23 heavy (non-hydrogen) atoms. The van der Waals surface area contributed by atoms with E-state index in [9.17, 15) is 0 Å². The number of aryl methyl sites for hydroxylation is 1. The van der Waals surface area contributed by atoms with Gasteiger partial charge in [0.25, 0.3) is 0 Å². The Morgan fingerprint density at radius 3 is 2.61 bits per heavy atom. The number of hydrogen-bond acceptors (Lipinski definition) is 4. The third kappa shape index (κ3) is 3.42.